The van der Waals surface area contributed by atoms with Gasteiger partial charge in [-0.3, -0.25) is 4.79 Å². The zero-order valence-electron chi connectivity index (χ0n) is 18.9. The number of rotatable bonds is 10. The topological polar surface area (TPSA) is 109 Å². The number of benzene rings is 2. The Hall–Kier alpha value is -4.20. The molecule has 0 unspecified atom stereocenters. The van der Waals surface area contributed by atoms with Crippen molar-refractivity contribution in [1.29, 1.82) is 0 Å². The molecule has 1 aromatic heterocycles. The van der Waals surface area contributed by atoms with E-state index in [1.165, 1.54) is 12.1 Å². The molecular formula is C26H28N3O5+. The molecule has 3 rings (SSSR count). The van der Waals surface area contributed by atoms with Crippen molar-refractivity contribution < 1.29 is 28.8 Å². The molecule has 8 heteroatoms. The number of carboxylic acid groups (broad SMARTS) is 1. The van der Waals surface area contributed by atoms with Gasteiger partial charge >= 0.3 is 12.1 Å². The number of carboxylic acids is 1. The second-order valence-corrected chi connectivity index (χ2v) is 7.95. The number of nitrogens with zero attached hydrogens (tertiary/aromatic N) is 1. The van der Waals surface area contributed by atoms with Crippen LogP contribution in [0.3, 0.4) is 0 Å². The number of carbonyl (C=O) groups excluding carboxylic acids is 2. The monoisotopic (exact) mass is 462 g/mol. The number of hydrogen-bond donors (Lipinski definition) is 3. The van der Waals surface area contributed by atoms with Crippen molar-refractivity contribution in [3.8, 4) is 0 Å². The van der Waals surface area contributed by atoms with E-state index < -0.39 is 24.0 Å². The molecule has 2 amide bonds. The maximum Gasteiger partial charge on any atom is 0.412 e. The summed E-state index contributed by atoms with van der Waals surface area (Å²) in [6.45, 7) is 1.87. The van der Waals surface area contributed by atoms with Gasteiger partial charge in [0.25, 0.3) is 12.6 Å². The van der Waals surface area contributed by atoms with E-state index in [9.17, 15) is 19.5 Å². The van der Waals surface area contributed by atoms with Crippen molar-refractivity contribution in [3.63, 3.8) is 0 Å². The standard InChI is InChI=1S/C26H27N3O5/c1-19(16-20-8-4-2-5-9-20)27-26(33)34-18-29-14-12-22(13-15-29)24(30)28-23(25(31)32)17-21-10-6-3-7-11-21/h2-15,19,23H,16-18H2,1H3,(H2-,27,28,30,31,32,33)/p+1/t19-,23-/m0/s1. The predicted molar refractivity (Wildman–Crippen MR) is 125 cm³/mol. The summed E-state index contributed by atoms with van der Waals surface area (Å²) < 4.78 is 6.83. The molecule has 3 N–H and O–H groups in total. The van der Waals surface area contributed by atoms with Gasteiger partial charge in [0.15, 0.2) is 12.4 Å². The second kappa shape index (κ2) is 12.2. The van der Waals surface area contributed by atoms with Gasteiger partial charge in [0.1, 0.15) is 6.04 Å². The van der Waals surface area contributed by atoms with Crippen LogP contribution in [0.2, 0.25) is 0 Å². The minimum Gasteiger partial charge on any atom is -0.480 e. The first kappa shape index (κ1) is 24.4. The van der Waals surface area contributed by atoms with Gasteiger partial charge < -0.3 is 20.5 Å². The number of amides is 2. The number of aliphatic carboxylic acids is 1. The van der Waals surface area contributed by atoms with Crippen LogP contribution in [0.15, 0.2) is 85.2 Å². The molecular weight excluding hydrogens is 434 g/mol. The Bertz CT molecular complexity index is 1090. The van der Waals surface area contributed by atoms with Crippen molar-refractivity contribution in [3.05, 3.63) is 102 Å². The number of aromatic nitrogens is 1. The lowest BCUT2D eigenvalue weighted by Gasteiger charge is -2.14. The van der Waals surface area contributed by atoms with Crippen molar-refractivity contribution >= 4 is 18.0 Å². The number of hydrogen-bond acceptors (Lipinski definition) is 4. The summed E-state index contributed by atoms with van der Waals surface area (Å²) >= 11 is 0. The molecule has 2 atom stereocenters. The molecule has 0 fully saturated rings. The molecule has 0 spiro atoms. The lowest BCUT2D eigenvalue weighted by Crippen LogP contribution is -2.43. The van der Waals surface area contributed by atoms with Crippen LogP contribution in [0, 0.1) is 0 Å². The largest absolute Gasteiger partial charge is 0.480 e. The Balaban J connectivity index is 1.47. The average molecular weight is 463 g/mol. The molecule has 0 saturated heterocycles. The van der Waals surface area contributed by atoms with Crippen molar-refractivity contribution in [2.24, 2.45) is 0 Å². The molecule has 0 bridgehead atoms. The first-order valence-electron chi connectivity index (χ1n) is 10.9. The van der Waals surface area contributed by atoms with Crippen LogP contribution in [-0.4, -0.2) is 35.2 Å². The van der Waals surface area contributed by atoms with Gasteiger partial charge in [-0.1, -0.05) is 60.7 Å². The van der Waals surface area contributed by atoms with Crippen LogP contribution in [-0.2, 0) is 29.1 Å². The Morgan fingerprint density at radius 1 is 0.853 bits per heavy atom. The van der Waals surface area contributed by atoms with Crippen LogP contribution in [0.4, 0.5) is 4.79 Å². The summed E-state index contributed by atoms with van der Waals surface area (Å²) in [7, 11) is 0. The third-order valence-electron chi connectivity index (χ3n) is 5.13. The Labute approximate surface area is 198 Å². The lowest BCUT2D eigenvalue weighted by atomic mass is 10.1. The molecule has 0 aliphatic carbocycles. The number of nitrogens with one attached hydrogen (secondary N) is 2. The highest BCUT2D eigenvalue weighted by molar-refractivity contribution is 5.96. The van der Waals surface area contributed by atoms with Gasteiger partial charge in [0.2, 0.25) is 0 Å². The molecule has 0 saturated carbocycles. The molecule has 0 radical (unpaired) electrons. The molecule has 2 aromatic carbocycles. The van der Waals surface area contributed by atoms with Crippen LogP contribution in [0.25, 0.3) is 0 Å². The SMILES string of the molecule is C[C@@H](Cc1ccccc1)NC(=O)OC[n+]1ccc(C(=O)N[C@@H](Cc2ccccc2)C(=O)O)cc1. The number of pyridine rings is 1. The van der Waals surface area contributed by atoms with Crippen molar-refractivity contribution in [1.82, 2.24) is 10.6 Å². The highest BCUT2D eigenvalue weighted by atomic mass is 16.6. The number of carbonyl (C=O) groups is 3. The van der Waals surface area contributed by atoms with E-state index in [1.807, 2.05) is 67.6 Å². The highest BCUT2D eigenvalue weighted by Crippen LogP contribution is 2.06. The summed E-state index contributed by atoms with van der Waals surface area (Å²) in [5.41, 5.74) is 2.23. The lowest BCUT2D eigenvalue weighted by molar-refractivity contribution is -0.727. The van der Waals surface area contributed by atoms with Gasteiger partial charge in [0, 0.05) is 24.6 Å². The first-order valence-corrected chi connectivity index (χ1v) is 10.9. The summed E-state index contributed by atoms with van der Waals surface area (Å²) in [5, 5.41) is 14.8. The van der Waals surface area contributed by atoms with E-state index in [4.69, 9.17) is 4.74 Å². The van der Waals surface area contributed by atoms with E-state index >= 15 is 0 Å². The van der Waals surface area contributed by atoms with E-state index in [2.05, 4.69) is 10.6 Å². The maximum absolute atomic E-state index is 12.5. The molecule has 0 aliphatic heterocycles. The molecule has 0 aliphatic rings. The zero-order chi connectivity index (χ0) is 24.3. The van der Waals surface area contributed by atoms with E-state index in [0.717, 1.165) is 11.1 Å². The van der Waals surface area contributed by atoms with Gasteiger partial charge in [-0.05, 0) is 24.5 Å². The van der Waals surface area contributed by atoms with Gasteiger partial charge in [-0.15, -0.1) is 0 Å². The highest BCUT2D eigenvalue weighted by Gasteiger charge is 2.21. The summed E-state index contributed by atoms with van der Waals surface area (Å²) in [6, 6.07) is 20.9. The third kappa shape index (κ3) is 7.74. The number of alkyl carbamates (subject to hydrolysis) is 1. The average Bonchev–Trinajstić information content (AvgIpc) is 2.83. The Morgan fingerprint density at radius 3 is 1.97 bits per heavy atom. The van der Waals surface area contributed by atoms with Gasteiger partial charge in [0.05, 0.1) is 5.56 Å². The van der Waals surface area contributed by atoms with Gasteiger partial charge in [-0.2, -0.15) is 4.57 Å². The van der Waals surface area contributed by atoms with Crippen LogP contribution >= 0.6 is 0 Å². The molecule has 34 heavy (non-hydrogen) atoms. The Morgan fingerprint density at radius 2 is 1.41 bits per heavy atom. The molecule has 8 nitrogen and oxygen atoms in total. The van der Waals surface area contributed by atoms with Crippen LogP contribution < -0.4 is 15.2 Å². The summed E-state index contributed by atoms with van der Waals surface area (Å²) in [6.07, 6.45) is 3.50. The maximum atomic E-state index is 12.5. The normalized spacial score (nSPS) is 12.3. The van der Waals surface area contributed by atoms with E-state index in [1.54, 1.807) is 17.0 Å². The first-order chi connectivity index (χ1) is 16.4. The summed E-state index contributed by atoms with van der Waals surface area (Å²) in [5.74, 6) is -1.60. The quantitative estimate of drug-likeness (QED) is 0.402. The second-order valence-electron chi connectivity index (χ2n) is 7.95. The molecule has 3 aromatic rings. The fourth-order valence-electron chi connectivity index (χ4n) is 3.38. The zero-order valence-corrected chi connectivity index (χ0v) is 18.9. The minimum atomic E-state index is -1.11. The smallest absolute Gasteiger partial charge is 0.412 e. The van der Waals surface area contributed by atoms with Crippen LogP contribution in [0.5, 0.6) is 0 Å². The molecule has 1 heterocycles. The van der Waals surface area contributed by atoms with Crippen molar-refractivity contribution in [2.75, 3.05) is 0 Å². The minimum absolute atomic E-state index is 0.0302. The predicted octanol–water partition coefficient (Wildman–Crippen LogP) is 2.71. The van der Waals surface area contributed by atoms with Crippen LogP contribution in [0.1, 0.15) is 28.4 Å². The fourth-order valence-corrected chi connectivity index (χ4v) is 3.38. The third-order valence-corrected chi connectivity index (χ3v) is 5.13. The fraction of sp³-hybridized carbons (Fsp3) is 0.231. The Kier molecular flexibility index (Phi) is 8.73. The van der Waals surface area contributed by atoms with Gasteiger partial charge in [-0.25, -0.2) is 9.59 Å². The summed E-state index contributed by atoms with van der Waals surface area (Å²) in [4.78, 5) is 36.2. The molecule has 176 valence electrons. The number of ether oxygens (including phenoxy) is 1. The van der Waals surface area contributed by atoms with Crippen molar-refractivity contribution in [2.45, 2.75) is 38.6 Å². The van der Waals surface area contributed by atoms with E-state index in [0.29, 0.717) is 12.0 Å². The van der Waals surface area contributed by atoms with E-state index in [-0.39, 0.29) is 19.2 Å².